The van der Waals surface area contributed by atoms with Crippen molar-refractivity contribution in [3.05, 3.63) is 108 Å². The molecule has 6 aromatic rings. The Balaban J connectivity index is 1.25. The molecule has 2 aromatic heterocycles. The molecule has 0 spiro atoms. The van der Waals surface area contributed by atoms with Gasteiger partial charge >= 0.3 is 0 Å². The van der Waals surface area contributed by atoms with Gasteiger partial charge in [0.25, 0.3) is 0 Å². The van der Waals surface area contributed by atoms with Crippen molar-refractivity contribution in [2.24, 2.45) is 0 Å². The lowest BCUT2D eigenvalue weighted by atomic mass is 9.97. The number of ether oxygens (including phenoxy) is 2. The number of benzene rings is 4. The van der Waals surface area contributed by atoms with Gasteiger partial charge in [0.15, 0.2) is 11.6 Å². The van der Waals surface area contributed by atoms with E-state index in [1.54, 1.807) is 13.2 Å². The van der Waals surface area contributed by atoms with E-state index in [1.807, 2.05) is 31.2 Å². The summed E-state index contributed by atoms with van der Waals surface area (Å²) < 4.78 is 28.1. The molecule has 0 amide bonds. The molecule has 0 saturated carbocycles. The average molecular weight is 713 g/mol. The number of rotatable bonds is 16. The van der Waals surface area contributed by atoms with E-state index in [0.717, 1.165) is 107 Å². The smallest absolute Gasteiger partial charge is 0.174 e. The summed E-state index contributed by atoms with van der Waals surface area (Å²) in [5.41, 5.74) is 8.44. The normalized spacial score (nSPS) is 11.3. The highest BCUT2D eigenvalue weighted by atomic mass is 19.1. The minimum Gasteiger partial charge on any atom is -0.497 e. The monoisotopic (exact) mass is 712 g/mol. The Morgan fingerprint density at radius 3 is 1.68 bits per heavy atom. The largest absolute Gasteiger partial charge is 0.497 e. The van der Waals surface area contributed by atoms with Gasteiger partial charge in [0.1, 0.15) is 5.75 Å². The van der Waals surface area contributed by atoms with Crippen LogP contribution in [-0.2, 0) is 0 Å². The lowest BCUT2D eigenvalue weighted by Gasteiger charge is -2.28. The van der Waals surface area contributed by atoms with Crippen LogP contribution in [0.1, 0.15) is 63.4 Å². The molecule has 0 N–H and O–H groups in total. The van der Waals surface area contributed by atoms with E-state index in [2.05, 4.69) is 99.0 Å². The molecular weight excluding hydrogens is 660 g/mol. The molecule has 0 saturated heterocycles. The van der Waals surface area contributed by atoms with Gasteiger partial charge in [0.2, 0.25) is 0 Å². The van der Waals surface area contributed by atoms with E-state index in [1.165, 1.54) is 5.39 Å². The molecule has 6 rings (SSSR count). The van der Waals surface area contributed by atoms with Crippen molar-refractivity contribution in [3.63, 3.8) is 0 Å². The van der Waals surface area contributed by atoms with Gasteiger partial charge in [-0.3, -0.25) is 9.97 Å². The first kappa shape index (κ1) is 37.6. The summed E-state index contributed by atoms with van der Waals surface area (Å²) in [7, 11) is 1.69. The molecule has 0 aliphatic carbocycles. The van der Waals surface area contributed by atoms with Crippen LogP contribution < -0.4 is 19.3 Å². The van der Waals surface area contributed by atoms with Gasteiger partial charge in [0.05, 0.1) is 47.9 Å². The van der Waals surface area contributed by atoms with E-state index in [4.69, 9.17) is 19.4 Å². The summed E-state index contributed by atoms with van der Waals surface area (Å²) in [5, 5.41) is 4.32. The second-order valence-electron chi connectivity index (χ2n) is 13.9. The fourth-order valence-corrected chi connectivity index (χ4v) is 7.66. The summed E-state index contributed by atoms with van der Waals surface area (Å²) in [6.07, 6.45) is 3.79. The molecule has 6 nitrogen and oxygen atoms in total. The maximum absolute atomic E-state index is 16.4. The van der Waals surface area contributed by atoms with Gasteiger partial charge < -0.3 is 19.3 Å². The van der Waals surface area contributed by atoms with Crippen LogP contribution >= 0.6 is 0 Å². The highest BCUT2D eigenvalue weighted by molar-refractivity contribution is 6.04. The quantitative estimate of drug-likeness (QED) is 0.0931. The zero-order valence-electron chi connectivity index (χ0n) is 32.4. The molecule has 0 bridgehead atoms. The Morgan fingerprint density at radius 1 is 0.604 bits per heavy atom. The Bertz CT molecular complexity index is 2190. The molecule has 7 heteroatoms. The Hall–Kier alpha value is -5.17. The van der Waals surface area contributed by atoms with Crippen molar-refractivity contribution in [3.8, 4) is 34.0 Å². The topological polar surface area (TPSA) is 50.7 Å². The van der Waals surface area contributed by atoms with E-state index in [0.29, 0.717) is 24.3 Å². The highest BCUT2D eigenvalue weighted by Gasteiger charge is 2.22. The van der Waals surface area contributed by atoms with Crippen molar-refractivity contribution in [1.82, 2.24) is 9.97 Å². The number of aryl methyl sites for hydroxylation is 3. The van der Waals surface area contributed by atoms with Gasteiger partial charge in [0, 0.05) is 58.9 Å². The van der Waals surface area contributed by atoms with E-state index >= 15 is 4.39 Å². The molecule has 2 heterocycles. The molecule has 0 aliphatic rings. The summed E-state index contributed by atoms with van der Waals surface area (Å²) >= 11 is 0. The number of hydrogen-bond donors (Lipinski definition) is 0. The number of halogens is 1. The first-order valence-corrected chi connectivity index (χ1v) is 19.2. The summed E-state index contributed by atoms with van der Waals surface area (Å²) in [5.74, 6) is 0.680. The minimum absolute atomic E-state index is 0.247. The number of aromatic nitrogens is 2. The average Bonchev–Trinajstić information content (AvgIpc) is 3.16. The maximum atomic E-state index is 16.4. The van der Waals surface area contributed by atoms with E-state index in [9.17, 15) is 0 Å². The molecule has 0 aliphatic heterocycles. The predicted octanol–water partition coefficient (Wildman–Crippen LogP) is 11.5. The number of hydrogen-bond acceptors (Lipinski definition) is 6. The third-order valence-electron chi connectivity index (χ3n) is 9.98. The number of nitrogens with zero attached hydrogens (tertiary/aromatic N) is 4. The van der Waals surface area contributed by atoms with Crippen LogP contribution in [0.3, 0.4) is 0 Å². The summed E-state index contributed by atoms with van der Waals surface area (Å²) in [6.45, 7) is 16.7. The fraction of sp³-hybridized carbons (Fsp3) is 0.348. The van der Waals surface area contributed by atoms with Crippen LogP contribution in [0.2, 0.25) is 0 Å². The third-order valence-corrected chi connectivity index (χ3v) is 9.98. The lowest BCUT2D eigenvalue weighted by molar-refractivity contribution is 0.297. The van der Waals surface area contributed by atoms with Crippen LogP contribution in [0.5, 0.6) is 11.5 Å². The summed E-state index contributed by atoms with van der Waals surface area (Å²) in [6, 6.07) is 28.3. The second kappa shape index (κ2) is 17.1. The predicted molar refractivity (Wildman–Crippen MR) is 220 cm³/mol. The van der Waals surface area contributed by atoms with Crippen LogP contribution in [0.25, 0.3) is 44.1 Å². The number of fused-ring (bicyclic) bond motifs is 2. The number of pyridine rings is 2. The van der Waals surface area contributed by atoms with Crippen molar-refractivity contribution in [2.75, 3.05) is 49.7 Å². The molecule has 4 aromatic carbocycles. The van der Waals surface area contributed by atoms with Crippen molar-refractivity contribution < 1.29 is 13.9 Å². The van der Waals surface area contributed by atoms with Crippen molar-refractivity contribution in [1.29, 1.82) is 0 Å². The number of anilines is 2. The Morgan fingerprint density at radius 2 is 1.13 bits per heavy atom. The first-order chi connectivity index (χ1) is 25.8. The van der Waals surface area contributed by atoms with Gasteiger partial charge in [-0.1, -0.05) is 81.4 Å². The third kappa shape index (κ3) is 7.80. The molecule has 0 unspecified atom stereocenters. The molecule has 276 valence electrons. The lowest BCUT2D eigenvalue weighted by Crippen LogP contribution is -2.28. The molecule has 0 fully saturated rings. The fourth-order valence-electron chi connectivity index (χ4n) is 7.66. The van der Waals surface area contributed by atoms with Gasteiger partial charge in [-0.2, -0.15) is 0 Å². The highest BCUT2D eigenvalue weighted by Crippen LogP contribution is 2.40. The van der Waals surface area contributed by atoms with Crippen molar-refractivity contribution >= 4 is 32.9 Å². The first-order valence-electron chi connectivity index (χ1n) is 19.2. The zero-order valence-corrected chi connectivity index (χ0v) is 32.4. The van der Waals surface area contributed by atoms with Gasteiger partial charge in [-0.15, -0.1) is 0 Å². The SMILES string of the molecule is CCCN(CCCOc1cccc(-c2nc(C)c(N(CCC)CCC)c3ccccc23)c1F)c1c(C)nc(-c2cc(OC)ccc2C)c2ccccc12. The second-order valence-corrected chi connectivity index (χ2v) is 13.9. The molecule has 53 heavy (non-hydrogen) atoms. The van der Waals surface area contributed by atoms with Crippen LogP contribution in [-0.4, -0.2) is 49.9 Å². The van der Waals surface area contributed by atoms with Crippen LogP contribution in [0.15, 0.2) is 84.9 Å². The molecule has 0 atom stereocenters. The summed E-state index contributed by atoms with van der Waals surface area (Å²) in [4.78, 5) is 15.1. The molecular formula is C46H53FN4O2. The Kier molecular flexibility index (Phi) is 12.1. The number of methoxy groups -OCH3 is 1. The zero-order chi connectivity index (χ0) is 37.5. The van der Waals surface area contributed by atoms with Gasteiger partial charge in [-0.25, -0.2) is 4.39 Å². The van der Waals surface area contributed by atoms with E-state index < -0.39 is 0 Å². The van der Waals surface area contributed by atoms with Crippen LogP contribution in [0, 0.1) is 26.6 Å². The van der Waals surface area contributed by atoms with Crippen LogP contribution in [0.4, 0.5) is 15.8 Å². The standard InChI is InChI=1S/C46H53FN4O2/c1-8-25-50(26-9-2)45-32(5)48-43(35-17-11-13-19-37(35)45)39-21-15-22-41(42(39)47)53-29-16-28-51(27-10-3)46-33(6)49-44(36-18-12-14-20-38(36)46)40-30-34(52-7)24-23-31(40)4/h11-15,17-24,30H,8-10,16,25-29H2,1-7H3. The van der Waals surface area contributed by atoms with Gasteiger partial charge in [-0.05, 0) is 76.3 Å². The minimum atomic E-state index is -0.379. The van der Waals surface area contributed by atoms with Crippen molar-refractivity contribution in [2.45, 2.75) is 67.2 Å². The molecule has 0 radical (unpaired) electrons. The Labute approximate surface area is 314 Å². The van der Waals surface area contributed by atoms with E-state index in [-0.39, 0.29) is 11.6 Å². The maximum Gasteiger partial charge on any atom is 0.174 e.